The van der Waals surface area contributed by atoms with Crippen molar-refractivity contribution in [2.45, 2.75) is 11.8 Å². The number of hydrogen-bond acceptors (Lipinski definition) is 5. The Balaban J connectivity index is 1.99. The first-order chi connectivity index (χ1) is 12.4. The molecule has 0 aliphatic carbocycles. The highest BCUT2D eigenvalue weighted by molar-refractivity contribution is 7.89. The summed E-state index contributed by atoms with van der Waals surface area (Å²) in [6.45, 7) is 1.82. The van der Waals surface area contributed by atoms with E-state index in [0.717, 1.165) is 24.3 Å². The molecule has 26 heavy (non-hydrogen) atoms. The fourth-order valence-electron chi connectivity index (χ4n) is 2.08. The van der Waals surface area contributed by atoms with E-state index < -0.39 is 28.3 Å². The molecule has 0 aliphatic rings. The number of benzene rings is 2. The van der Waals surface area contributed by atoms with Gasteiger partial charge >= 0.3 is 0 Å². The molecule has 1 amide bonds. The summed E-state index contributed by atoms with van der Waals surface area (Å²) in [4.78, 5) is 11.9. The van der Waals surface area contributed by atoms with Crippen LogP contribution < -0.4 is 19.5 Å². The number of sulfonamides is 1. The minimum absolute atomic E-state index is 0.130. The Morgan fingerprint density at radius 2 is 1.81 bits per heavy atom. The molecule has 2 aromatic carbocycles. The van der Waals surface area contributed by atoms with Crippen molar-refractivity contribution in [3.8, 4) is 11.5 Å². The van der Waals surface area contributed by atoms with Gasteiger partial charge in [-0.2, -0.15) is 0 Å². The third-order valence-electron chi connectivity index (χ3n) is 3.29. The summed E-state index contributed by atoms with van der Waals surface area (Å²) in [5.74, 6) is -0.144. The minimum atomic E-state index is -3.91. The van der Waals surface area contributed by atoms with Gasteiger partial charge in [0.25, 0.3) is 0 Å². The van der Waals surface area contributed by atoms with Gasteiger partial charge in [-0.1, -0.05) is 0 Å². The largest absolute Gasteiger partial charge is 0.493 e. The molecule has 0 fully saturated rings. The molecular formula is C17H19FN2O5S. The smallest absolute Gasteiger partial charge is 0.241 e. The molecular weight excluding hydrogens is 363 g/mol. The summed E-state index contributed by atoms with van der Waals surface area (Å²) < 4.78 is 49.7. The molecule has 0 saturated heterocycles. The number of amides is 1. The highest BCUT2D eigenvalue weighted by atomic mass is 32.2. The lowest BCUT2D eigenvalue weighted by atomic mass is 10.2. The Labute approximate surface area is 151 Å². The van der Waals surface area contributed by atoms with Crippen molar-refractivity contribution in [2.75, 3.05) is 25.6 Å². The predicted octanol–water partition coefficient (Wildman–Crippen LogP) is 2.15. The average molecular weight is 382 g/mol. The van der Waals surface area contributed by atoms with Crippen LogP contribution in [0.3, 0.4) is 0 Å². The zero-order valence-corrected chi connectivity index (χ0v) is 15.1. The van der Waals surface area contributed by atoms with Crippen LogP contribution in [-0.4, -0.2) is 34.6 Å². The molecule has 0 aromatic heterocycles. The lowest BCUT2D eigenvalue weighted by Gasteiger charge is -2.12. The van der Waals surface area contributed by atoms with E-state index >= 15 is 0 Å². The average Bonchev–Trinajstić information content (AvgIpc) is 2.62. The number of ether oxygens (including phenoxy) is 2. The molecule has 7 nitrogen and oxygen atoms in total. The Kier molecular flexibility index (Phi) is 6.53. The second-order valence-corrected chi connectivity index (χ2v) is 6.89. The number of nitrogens with one attached hydrogen (secondary N) is 2. The van der Waals surface area contributed by atoms with Gasteiger partial charge in [0.05, 0.1) is 25.2 Å². The minimum Gasteiger partial charge on any atom is -0.493 e. The first-order valence-corrected chi connectivity index (χ1v) is 9.20. The molecule has 0 aliphatic heterocycles. The van der Waals surface area contributed by atoms with Crippen LogP contribution in [0.1, 0.15) is 6.92 Å². The van der Waals surface area contributed by atoms with Crippen molar-refractivity contribution < 1.29 is 27.1 Å². The molecule has 0 radical (unpaired) electrons. The summed E-state index contributed by atoms with van der Waals surface area (Å²) in [5, 5.41) is 2.56. The summed E-state index contributed by atoms with van der Waals surface area (Å²) in [5.41, 5.74) is 0.427. The summed E-state index contributed by atoms with van der Waals surface area (Å²) in [6, 6.07) is 9.11. The second kappa shape index (κ2) is 8.63. The van der Waals surface area contributed by atoms with Crippen LogP contribution >= 0.6 is 0 Å². The molecule has 2 N–H and O–H groups in total. The summed E-state index contributed by atoms with van der Waals surface area (Å²) in [7, 11) is -2.44. The molecule has 140 valence electrons. The number of hydrogen-bond donors (Lipinski definition) is 2. The van der Waals surface area contributed by atoms with Crippen LogP contribution in [-0.2, 0) is 14.8 Å². The topological polar surface area (TPSA) is 93.7 Å². The zero-order valence-electron chi connectivity index (χ0n) is 14.3. The van der Waals surface area contributed by atoms with Gasteiger partial charge in [-0.3, -0.25) is 4.79 Å². The molecule has 2 rings (SSSR count). The normalized spacial score (nSPS) is 11.0. The van der Waals surface area contributed by atoms with E-state index in [1.165, 1.54) is 7.11 Å². The van der Waals surface area contributed by atoms with E-state index in [-0.39, 0.29) is 4.90 Å². The van der Waals surface area contributed by atoms with Crippen molar-refractivity contribution in [3.63, 3.8) is 0 Å². The number of carbonyl (C=O) groups is 1. The van der Waals surface area contributed by atoms with E-state index in [9.17, 15) is 17.6 Å². The molecule has 9 heteroatoms. The van der Waals surface area contributed by atoms with Gasteiger partial charge in [-0.25, -0.2) is 17.5 Å². The predicted molar refractivity (Wildman–Crippen MR) is 94.4 cm³/mol. The Morgan fingerprint density at radius 1 is 1.12 bits per heavy atom. The Morgan fingerprint density at radius 3 is 2.42 bits per heavy atom. The van der Waals surface area contributed by atoms with E-state index in [1.54, 1.807) is 18.2 Å². The highest BCUT2D eigenvalue weighted by Gasteiger charge is 2.16. The van der Waals surface area contributed by atoms with Gasteiger partial charge in [-0.05, 0) is 43.3 Å². The lowest BCUT2D eigenvalue weighted by molar-refractivity contribution is -0.115. The molecule has 2 aromatic rings. The van der Waals surface area contributed by atoms with Crippen LogP contribution in [0.5, 0.6) is 11.5 Å². The van der Waals surface area contributed by atoms with Crippen LogP contribution in [0.2, 0.25) is 0 Å². The maximum atomic E-state index is 12.9. The van der Waals surface area contributed by atoms with Crippen molar-refractivity contribution in [2.24, 2.45) is 0 Å². The maximum absolute atomic E-state index is 12.9. The Hall–Kier alpha value is -2.65. The lowest BCUT2D eigenvalue weighted by Crippen LogP contribution is -2.32. The van der Waals surface area contributed by atoms with Crippen molar-refractivity contribution >= 4 is 21.6 Å². The second-order valence-electron chi connectivity index (χ2n) is 5.13. The van der Waals surface area contributed by atoms with Crippen LogP contribution in [0.25, 0.3) is 0 Å². The number of halogens is 1. The van der Waals surface area contributed by atoms with E-state index in [0.29, 0.717) is 23.8 Å². The summed E-state index contributed by atoms with van der Waals surface area (Å²) in [6.07, 6.45) is 0. The standard InChI is InChI=1S/C17H19FN2O5S/c1-3-25-15-9-6-13(10-16(15)24-2)20-17(21)11-19-26(22,23)14-7-4-12(18)5-8-14/h4-10,19H,3,11H2,1-2H3,(H,20,21). The third kappa shape index (κ3) is 5.17. The van der Waals surface area contributed by atoms with Crippen LogP contribution in [0.4, 0.5) is 10.1 Å². The Bertz CT molecular complexity index is 869. The fraction of sp³-hybridized carbons (Fsp3) is 0.235. The first kappa shape index (κ1) is 19.7. The van der Waals surface area contributed by atoms with Gasteiger partial charge in [0.2, 0.25) is 15.9 Å². The van der Waals surface area contributed by atoms with Crippen molar-refractivity contribution in [1.29, 1.82) is 0 Å². The maximum Gasteiger partial charge on any atom is 0.241 e. The van der Waals surface area contributed by atoms with Crippen molar-refractivity contribution in [1.82, 2.24) is 4.72 Å². The van der Waals surface area contributed by atoms with E-state index in [1.807, 2.05) is 6.92 Å². The summed E-state index contributed by atoms with van der Waals surface area (Å²) >= 11 is 0. The fourth-order valence-corrected chi connectivity index (χ4v) is 3.07. The number of carbonyl (C=O) groups excluding carboxylic acids is 1. The third-order valence-corrected chi connectivity index (χ3v) is 4.71. The van der Waals surface area contributed by atoms with Crippen LogP contribution in [0.15, 0.2) is 47.4 Å². The van der Waals surface area contributed by atoms with Gasteiger partial charge in [0.1, 0.15) is 5.82 Å². The number of methoxy groups -OCH3 is 1. The van der Waals surface area contributed by atoms with Gasteiger partial charge in [0.15, 0.2) is 11.5 Å². The molecule has 0 unspecified atom stereocenters. The van der Waals surface area contributed by atoms with E-state index in [4.69, 9.17) is 9.47 Å². The molecule has 0 heterocycles. The van der Waals surface area contributed by atoms with Gasteiger partial charge in [0, 0.05) is 11.8 Å². The molecule has 0 atom stereocenters. The van der Waals surface area contributed by atoms with Crippen LogP contribution in [0, 0.1) is 5.82 Å². The SMILES string of the molecule is CCOc1ccc(NC(=O)CNS(=O)(=O)c2ccc(F)cc2)cc1OC. The monoisotopic (exact) mass is 382 g/mol. The van der Waals surface area contributed by atoms with Gasteiger partial charge < -0.3 is 14.8 Å². The highest BCUT2D eigenvalue weighted by Crippen LogP contribution is 2.30. The molecule has 0 saturated carbocycles. The van der Waals surface area contributed by atoms with Crippen molar-refractivity contribution in [3.05, 3.63) is 48.3 Å². The molecule has 0 spiro atoms. The zero-order chi connectivity index (χ0) is 19.2. The van der Waals surface area contributed by atoms with Gasteiger partial charge in [-0.15, -0.1) is 0 Å². The van der Waals surface area contributed by atoms with E-state index in [2.05, 4.69) is 10.0 Å². The molecule has 0 bridgehead atoms. The number of anilines is 1. The first-order valence-electron chi connectivity index (χ1n) is 7.71. The quantitative estimate of drug-likeness (QED) is 0.730. The number of rotatable bonds is 8.